The Kier molecular flexibility index (Phi) is 4.61. The second kappa shape index (κ2) is 7.20. The fourth-order valence-corrected chi connectivity index (χ4v) is 3.82. The lowest BCUT2D eigenvalue weighted by molar-refractivity contribution is 0.0608. The first-order chi connectivity index (χ1) is 12.8. The molecule has 0 N–H and O–H groups in total. The van der Waals surface area contributed by atoms with Gasteiger partial charge in [0.1, 0.15) is 5.56 Å². The average Bonchev–Trinajstić information content (AvgIpc) is 3.37. The molecule has 0 radical (unpaired) electrons. The number of piperidine rings is 1. The first-order valence-electron chi connectivity index (χ1n) is 9.37. The minimum atomic E-state index is 0.0856. The highest BCUT2D eigenvalue weighted by molar-refractivity contribution is 5.97. The van der Waals surface area contributed by atoms with Gasteiger partial charge in [-0.25, -0.2) is 4.68 Å². The number of aromatic nitrogens is 3. The van der Waals surface area contributed by atoms with Gasteiger partial charge in [-0.1, -0.05) is 25.1 Å². The molecule has 134 valence electrons. The zero-order valence-electron chi connectivity index (χ0n) is 15.1. The fourth-order valence-electron chi connectivity index (χ4n) is 3.82. The number of rotatable bonds is 4. The molecule has 1 aromatic carbocycles. The van der Waals surface area contributed by atoms with Crippen molar-refractivity contribution in [1.82, 2.24) is 19.2 Å². The Morgan fingerprint density at radius 1 is 1.12 bits per heavy atom. The molecule has 1 fully saturated rings. The van der Waals surface area contributed by atoms with E-state index in [1.54, 1.807) is 6.20 Å². The van der Waals surface area contributed by atoms with Crippen molar-refractivity contribution in [3.05, 3.63) is 66.6 Å². The van der Waals surface area contributed by atoms with Crippen LogP contribution in [0.4, 0.5) is 0 Å². The number of para-hydroxylation sites is 1. The summed E-state index contributed by atoms with van der Waals surface area (Å²) >= 11 is 0. The topological polar surface area (TPSA) is 43.1 Å². The third-order valence-corrected chi connectivity index (χ3v) is 5.18. The maximum atomic E-state index is 13.4. The van der Waals surface area contributed by atoms with E-state index in [1.807, 2.05) is 69.0 Å². The van der Waals surface area contributed by atoms with E-state index in [1.165, 1.54) is 6.42 Å². The standard InChI is InChI=1S/C21H24N4O/c1-2-17-10-6-7-15-24(17)21(26)19-16-22-25(18-11-4-3-5-12-18)20(19)23-13-8-9-14-23/h3-5,8-9,11-14,16-17H,2,6-7,10,15H2,1H3/t17-/m0/s1. The largest absolute Gasteiger partial charge is 0.336 e. The Morgan fingerprint density at radius 3 is 2.62 bits per heavy atom. The SMILES string of the molecule is CC[C@H]1CCCCN1C(=O)c1cnn(-c2ccccc2)c1-n1cccc1. The lowest BCUT2D eigenvalue weighted by Gasteiger charge is -2.35. The van der Waals surface area contributed by atoms with Gasteiger partial charge in [0.2, 0.25) is 0 Å². The van der Waals surface area contributed by atoms with Crippen molar-refractivity contribution >= 4 is 5.91 Å². The maximum Gasteiger partial charge on any atom is 0.259 e. The van der Waals surface area contributed by atoms with Crippen LogP contribution in [0.1, 0.15) is 43.0 Å². The molecule has 1 amide bonds. The summed E-state index contributed by atoms with van der Waals surface area (Å²) in [5.41, 5.74) is 1.60. The van der Waals surface area contributed by atoms with Crippen molar-refractivity contribution in [2.45, 2.75) is 38.6 Å². The summed E-state index contributed by atoms with van der Waals surface area (Å²) in [6.45, 7) is 3.00. The number of carbonyl (C=O) groups excluding carboxylic acids is 1. The second-order valence-corrected chi connectivity index (χ2v) is 6.78. The van der Waals surface area contributed by atoms with Crippen LogP contribution in [0.15, 0.2) is 61.1 Å². The Balaban J connectivity index is 1.79. The Labute approximate surface area is 153 Å². The minimum absolute atomic E-state index is 0.0856. The predicted octanol–water partition coefficient (Wildman–Crippen LogP) is 4.07. The molecule has 1 saturated heterocycles. The van der Waals surface area contributed by atoms with Gasteiger partial charge in [-0.15, -0.1) is 0 Å². The third-order valence-electron chi connectivity index (χ3n) is 5.18. The molecule has 0 spiro atoms. The molecule has 1 aliphatic rings. The highest BCUT2D eigenvalue weighted by Crippen LogP contribution is 2.26. The van der Waals surface area contributed by atoms with Crippen molar-refractivity contribution in [1.29, 1.82) is 0 Å². The van der Waals surface area contributed by atoms with Gasteiger partial charge in [0.05, 0.1) is 11.9 Å². The van der Waals surface area contributed by atoms with E-state index in [9.17, 15) is 4.79 Å². The third kappa shape index (κ3) is 2.94. The van der Waals surface area contributed by atoms with Crippen molar-refractivity contribution in [2.24, 2.45) is 0 Å². The van der Waals surface area contributed by atoms with Crippen LogP contribution < -0.4 is 0 Å². The lowest BCUT2D eigenvalue weighted by Crippen LogP contribution is -2.43. The van der Waals surface area contributed by atoms with Gasteiger partial charge in [0.25, 0.3) is 5.91 Å². The van der Waals surface area contributed by atoms with E-state index < -0.39 is 0 Å². The van der Waals surface area contributed by atoms with Gasteiger partial charge in [0, 0.05) is 25.0 Å². The molecule has 5 heteroatoms. The fraction of sp³-hybridized carbons (Fsp3) is 0.333. The smallest absolute Gasteiger partial charge is 0.259 e. The average molecular weight is 348 g/mol. The number of amides is 1. The first-order valence-corrected chi connectivity index (χ1v) is 9.37. The van der Waals surface area contributed by atoms with Crippen LogP contribution in [0.2, 0.25) is 0 Å². The Morgan fingerprint density at radius 2 is 1.88 bits per heavy atom. The van der Waals surface area contributed by atoms with Crippen molar-refractivity contribution in [3.8, 4) is 11.5 Å². The second-order valence-electron chi connectivity index (χ2n) is 6.78. The highest BCUT2D eigenvalue weighted by Gasteiger charge is 2.30. The monoisotopic (exact) mass is 348 g/mol. The summed E-state index contributed by atoms with van der Waals surface area (Å²) < 4.78 is 3.82. The molecule has 0 aliphatic carbocycles. The van der Waals surface area contributed by atoms with E-state index in [-0.39, 0.29) is 5.91 Å². The quantitative estimate of drug-likeness (QED) is 0.713. The van der Waals surface area contributed by atoms with Crippen molar-refractivity contribution in [2.75, 3.05) is 6.54 Å². The van der Waals surface area contributed by atoms with Crippen molar-refractivity contribution < 1.29 is 4.79 Å². The number of likely N-dealkylation sites (tertiary alicyclic amines) is 1. The summed E-state index contributed by atoms with van der Waals surface area (Å²) in [4.78, 5) is 15.4. The summed E-state index contributed by atoms with van der Waals surface area (Å²) in [7, 11) is 0. The molecule has 4 rings (SSSR count). The van der Waals surface area contributed by atoms with Crippen LogP contribution in [0.25, 0.3) is 11.5 Å². The van der Waals surface area contributed by atoms with E-state index in [0.717, 1.165) is 37.3 Å². The van der Waals surface area contributed by atoms with E-state index in [0.29, 0.717) is 11.6 Å². The first kappa shape index (κ1) is 16.6. The summed E-state index contributed by atoms with van der Waals surface area (Å²) in [6, 6.07) is 14.2. The number of hydrogen-bond acceptors (Lipinski definition) is 2. The lowest BCUT2D eigenvalue weighted by atomic mass is 9.99. The molecule has 0 unspecified atom stereocenters. The number of benzene rings is 1. The molecule has 0 saturated carbocycles. The van der Waals surface area contributed by atoms with Crippen LogP contribution in [0.3, 0.4) is 0 Å². The van der Waals surface area contributed by atoms with E-state index in [4.69, 9.17) is 0 Å². The van der Waals surface area contributed by atoms with Crippen LogP contribution in [-0.2, 0) is 0 Å². The van der Waals surface area contributed by atoms with E-state index >= 15 is 0 Å². The maximum absolute atomic E-state index is 13.4. The minimum Gasteiger partial charge on any atom is -0.336 e. The molecule has 3 aromatic rings. The van der Waals surface area contributed by atoms with Gasteiger partial charge in [0.15, 0.2) is 5.82 Å². The van der Waals surface area contributed by atoms with Crippen LogP contribution in [0.5, 0.6) is 0 Å². The Bertz CT molecular complexity index is 867. The molecule has 1 aliphatic heterocycles. The summed E-state index contributed by atoms with van der Waals surface area (Å²) in [5, 5.41) is 4.56. The molecular weight excluding hydrogens is 324 g/mol. The van der Waals surface area contributed by atoms with Gasteiger partial charge in [-0.05, 0) is 49.9 Å². The molecule has 3 heterocycles. The van der Waals surface area contributed by atoms with Crippen LogP contribution in [-0.4, -0.2) is 37.7 Å². The van der Waals surface area contributed by atoms with Crippen LogP contribution >= 0.6 is 0 Å². The molecular formula is C21H24N4O. The zero-order chi connectivity index (χ0) is 17.9. The van der Waals surface area contributed by atoms with Crippen LogP contribution in [0, 0.1) is 0 Å². The highest BCUT2D eigenvalue weighted by atomic mass is 16.2. The van der Waals surface area contributed by atoms with Gasteiger partial charge in [-0.3, -0.25) is 4.79 Å². The Hall–Kier alpha value is -2.82. The number of hydrogen-bond donors (Lipinski definition) is 0. The molecule has 1 atom stereocenters. The number of carbonyl (C=O) groups is 1. The summed E-state index contributed by atoms with van der Waals surface area (Å²) in [6.07, 6.45) is 10.0. The van der Waals surface area contributed by atoms with Gasteiger partial charge in [-0.2, -0.15) is 5.10 Å². The molecule has 5 nitrogen and oxygen atoms in total. The van der Waals surface area contributed by atoms with E-state index in [2.05, 4.69) is 12.0 Å². The van der Waals surface area contributed by atoms with Gasteiger partial charge >= 0.3 is 0 Å². The van der Waals surface area contributed by atoms with Gasteiger partial charge < -0.3 is 9.47 Å². The molecule has 2 aromatic heterocycles. The molecule has 26 heavy (non-hydrogen) atoms. The zero-order valence-corrected chi connectivity index (χ0v) is 15.1. The molecule has 0 bridgehead atoms. The number of nitrogens with zero attached hydrogens (tertiary/aromatic N) is 4. The predicted molar refractivity (Wildman–Crippen MR) is 102 cm³/mol. The normalized spacial score (nSPS) is 17.4. The summed E-state index contributed by atoms with van der Waals surface area (Å²) in [5.74, 6) is 0.883. The van der Waals surface area contributed by atoms with Crippen molar-refractivity contribution in [3.63, 3.8) is 0 Å².